The summed E-state index contributed by atoms with van der Waals surface area (Å²) in [5, 5.41) is 9.09. The Morgan fingerprint density at radius 3 is 2.71 bits per heavy atom. The van der Waals surface area contributed by atoms with E-state index in [0.29, 0.717) is 17.4 Å². The van der Waals surface area contributed by atoms with Gasteiger partial charge in [-0.1, -0.05) is 0 Å². The number of halogens is 1. The molecule has 0 aliphatic heterocycles. The van der Waals surface area contributed by atoms with Crippen molar-refractivity contribution >= 4 is 5.82 Å². The molecule has 3 rings (SSSR count). The molecule has 0 spiro atoms. The minimum atomic E-state index is -0.345. The SMILES string of the molecule is OCc1ccnc(N(CC2CC2)C2CC2)c1F. The summed E-state index contributed by atoms with van der Waals surface area (Å²) in [6.07, 6.45) is 6.37. The van der Waals surface area contributed by atoms with E-state index >= 15 is 0 Å². The topological polar surface area (TPSA) is 36.4 Å². The standard InChI is InChI=1S/C13H17FN2O/c14-12-10(8-17)5-6-15-13(12)16(11-3-4-11)7-9-1-2-9/h5-6,9,11,17H,1-4,7-8H2. The predicted octanol–water partition coefficient (Wildman–Crippen LogP) is 2.09. The molecule has 0 unspecified atom stereocenters. The first-order valence-electron chi connectivity index (χ1n) is 6.30. The summed E-state index contributed by atoms with van der Waals surface area (Å²) in [7, 11) is 0. The van der Waals surface area contributed by atoms with Crippen LogP contribution < -0.4 is 4.90 Å². The van der Waals surface area contributed by atoms with Crippen molar-refractivity contribution in [1.29, 1.82) is 0 Å². The molecule has 2 saturated carbocycles. The zero-order chi connectivity index (χ0) is 11.8. The first-order valence-corrected chi connectivity index (χ1v) is 6.30. The maximum Gasteiger partial charge on any atom is 0.171 e. The van der Waals surface area contributed by atoms with E-state index in [4.69, 9.17) is 5.11 Å². The monoisotopic (exact) mass is 236 g/mol. The van der Waals surface area contributed by atoms with Crippen LogP contribution in [0.2, 0.25) is 0 Å². The van der Waals surface area contributed by atoms with Crippen LogP contribution in [-0.2, 0) is 6.61 Å². The van der Waals surface area contributed by atoms with Gasteiger partial charge >= 0.3 is 0 Å². The van der Waals surface area contributed by atoms with E-state index in [1.807, 2.05) is 0 Å². The number of hydrogen-bond acceptors (Lipinski definition) is 3. The number of hydrogen-bond donors (Lipinski definition) is 1. The molecule has 2 fully saturated rings. The lowest BCUT2D eigenvalue weighted by Gasteiger charge is -2.24. The minimum absolute atomic E-state index is 0.261. The molecule has 4 heteroatoms. The van der Waals surface area contributed by atoms with Crippen LogP contribution in [0.1, 0.15) is 31.2 Å². The van der Waals surface area contributed by atoms with Gasteiger partial charge in [0.1, 0.15) is 0 Å². The highest BCUT2D eigenvalue weighted by atomic mass is 19.1. The van der Waals surface area contributed by atoms with Gasteiger partial charge < -0.3 is 10.0 Å². The van der Waals surface area contributed by atoms with Gasteiger partial charge in [0.25, 0.3) is 0 Å². The van der Waals surface area contributed by atoms with Crippen LogP contribution in [-0.4, -0.2) is 22.7 Å². The highest BCUT2D eigenvalue weighted by Gasteiger charge is 2.35. The molecule has 0 aromatic carbocycles. The van der Waals surface area contributed by atoms with Gasteiger partial charge in [-0.05, 0) is 37.7 Å². The van der Waals surface area contributed by atoms with Crippen molar-refractivity contribution in [2.75, 3.05) is 11.4 Å². The molecular weight excluding hydrogens is 219 g/mol. The van der Waals surface area contributed by atoms with Gasteiger partial charge in [-0.15, -0.1) is 0 Å². The largest absolute Gasteiger partial charge is 0.392 e. The number of anilines is 1. The molecule has 0 atom stereocenters. The van der Waals surface area contributed by atoms with Crippen LogP contribution >= 0.6 is 0 Å². The first-order chi connectivity index (χ1) is 8.29. The summed E-state index contributed by atoms with van der Waals surface area (Å²) < 4.78 is 14.1. The fourth-order valence-corrected chi connectivity index (χ4v) is 2.17. The van der Waals surface area contributed by atoms with Crippen molar-refractivity contribution in [1.82, 2.24) is 4.98 Å². The van der Waals surface area contributed by atoms with Crippen molar-refractivity contribution < 1.29 is 9.50 Å². The molecule has 17 heavy (non-hydrogen) atoms. The highest BCUT2D eigenvalue weighted by molar-refractivity contribution is 5.45. The Morgan fingerprint density at radius 2 is 2.12 bits per heavy atom. The lowest BCUT2D eigenvalue weighted by atomic mass is 10.2. The number of aliphatic hydroxyl groups excluding tert-OH is 1. The Labute approximate surface area is 100 Å². The van der Waals surface area contributed by atoms with E-state index in [2.05, 4.69) is 9.88 Å². The molecule has 1 aromatic heterocycles. The van der Waals surface area contributed by atoms with Crippen molar-refractivity contribution in [3.05, 3.63) is 23.6 Å². The number of aromatic nitrogens is 1. The predicted molar refractivity (Wildman–Crippen MR) is 63.2 cm³/mol. The first kappa shape index (κ1) is 11.0. The molecule has 0 radical (unpaired) electrons. The third-order valence-corrected chi connectivity index (χ3v) is 3.53. The number of rotatable bonds is 5. The second-order valence-electron chi connectivity index (χ2n) is 5.09. The van der Waals surface area contributed by atoms with Gasteiger partial charge in [0, 0.05) is 24.3 Å². The summed E-state index contributed by atoms with van der Waals surface area (Å²) in [6.45, 7) is 0.659. The maximum atomic E-state index is 14.1. The Kier molecular flexibility index (Phi) is 2.74. The van der Waals surface area contributed by atoms with Crippen LogP contribution in [0.4, 0.5) is 10.2 Å². The molecule has 92 valence electrons. The van der Waals surface area contributed by atoms with E-state index in [-0.39, 0.29) is 12.4 Å². The van der Waals surface area contributed by atoms with Gasteiger partial charge in [-0.3, -0.25) is 0 Å². The maximum absolute atomic E-state index is 14.1. The fraction of sp³-hybridized carbons (Fsp3) is 0.615. The van der Waals surface area contributed by atoms with Crippen molar-refractivity contribution in [3.63, 3.8) is 0 Å². The quantitative estimate of drug-likeness (QED) is 0.850. The molecule has 2 aliphatic carbocycles. The second kappa shape index (κ2) is 4.26. The number of pyridine rings is 1. The Morgan fingerprint density at radius 1 is 1.35 bits per heavy atom. The van der Waals surface area contributed by atoms with Crippen LogP contribution in [0.3, 0.4) is 0 Å². The van der Waals surface area contributed by atoms with Crippen molar-refractivity contribution in [2.45, 2.75) is 38.3 Å². The lowest BCUT2D eigenvalue weighted by Crippen LogP contribution is -2.30. The zero-order valence-electron chi connectivity index (χ0n) is 9.77. The molecular formula is C13H17FN2O. The molecule has 0 saturated heterocycles. The Hall–Kier alpha value is -1.16. The van der Waals surface area contributed by atoms with Crippen LogP contribution in [0.25, 0.3) is 0 Å². The summed E-state index contributed by atoms with van der Waals surface area (Å²) in [5.74, 6) is 0.808. The fourth-order valence-electron chi connectivity index (χ4n) is 2.17. The molecule has 1 heterocycles. The average Bonchev–Trinajstić information content (AvgIpc) is 3.19. The summed E-state index contributed by atoms with van der Waals surface area (Å²) >= 11 is 0. The van der Waals surface area contributed by atoms with Crippen molar-refractivity contribution in [2.24, 2.45) is 5.92 Å². The van der Waals surface area contributed by atoms with E-state index in [1.54, 1.807) is 12.3 Å². The Balaban J connectivity index is 1.88. The van der Waals surface area contributed by atoms with Gasteiger partial charge in [0.15, 0.2) is 11.6 Å². The van der Waals surface area contributed by atoms with Crippen LogP contribution in [0.15, 0.2) is 12.3 Å². The molecule has 3 nitrogen and oxygen atoms in total. The second-order valence-corrected chi connectivity index (χ2v) is 5.09. The molecule has 0 amide bonds. The van der Waals surface area contributed by atoms with Gasteiger partial charge in [-0.25, -0.2) is 9.37 Å². The van der Waals surface area contributed by atoms with Crippen molar-refractivity contribution in [3.8, 4) is 0 Å². The zero-order valence-corrected chi connectivity index (χ0v) is 9.77. The normalized spacial score (nSPS) is 19.4. The van der Waals surface area contributed by atoms with Crippen LogP contribution in [0.5, 0.6) is 0 Å². The summed E-state index contributed by atoms with van der Waals surface area (Å²) in [5.41, 5.74) is 0.344. The minimum Gasteiger partial charge on any atom is -0.392 e. The summed E-state index contributed by atoms with van der Waals surface area (Å²) in [4.78, 5) is 6.27. The molecule has 1 N–H and O–H groups in total. The van der Waals surface area contributed by atoms with Gasteiger partial charge in [0.2, 0.25) is 0 Å². The van der Waals surface area contributed by atoms with E-state index in [0.717, 1.165) is 25.3 Å². The third kappa shape index (κ3) is 2.27. The Bertz CT molecular complexity index is 416. The summed E-state index contributed by atoms with van der Waals surface area (Å²) in [6, 6.07) is 2.01. The van der Waals surface area contributed by atoms with E-state index in [1.165, 1.54) is 12.8 Å². The number of aliphatic hydroxyl groups is 1. The lowest BCUT2D eigenvalue weighted by molar-refractivity contribution is 0.275. The third-order valence-electron chi connectivity index (χ3n) is 3.53. The number of nitrogens with zero attached hydrogens (tertiary/aromatic N) is 2. The smallest absolute Gasteiger partial charge is 0.171 e. The van der Waals surface area contributed by atoms with E-state index < -0.39 is 0 Å². The molecule has 1 aromatic rings. The van der Waals surface area contributed by atoms with Crippen LogP contribution in [0, 0.1) is 11.7 Å². The highest BCUT2D eigenvalue weighted by Crippen LogP contribution is 2.38. The molecule has 2 aliphatic rings. The van der Waals surface area contributed by atoms with Gasteiger partial charge in [0.05, 0.1) is 6.61 Å². The average molecular weight is 236 g/mol. The molecule has 0 bridgehead atoms. The van der Waals surface area contributed by atoms with Gasteiger partial charge in [-0.2, -0.15) is 0 Å². The van der Waals surface area contributed by atoms with E-state index in [9.17, 15) is 4.39 Å².